The predicted octanol–water partition coefficient (Wildman–Crippen LogP) is 4.07. The second kappa shape index (κ2) is 8.08. The van der Waals surface area contributed by atoms with Crippen LogP contribution in [0.2, 0.25) is 0 Å². The van der Waals surface area contributed by atoms with Crippen molar-refractivity contribution < 1.29 is 0 Å². The molecule has 0 spiro atoms. The smallest absolute Gasteiger partial charge is 0.131 e. The van der Waals surface area contributed by atoms with Crippen LogP contribution in [0.1, 0.15) is 58.8 Å². The predicted molar refractivity (Wildman–Crippen MR) is 85.1 cm³/mol. The average molecular weight is 276 g/mol. The second-order valence-electron chi connectivity index (χ2n) is 5.77. The van der Waals surface area contributed by atoms with Gasteiger partial charge >= 0.3 is 0 Å². The van der Waals surface area contributed by atoms with Gasteiger partial charge in [0.05, 0.1) is 0 Å². The first-order valence-corrected chi connectivity index (χ1v) is 8.16. The largest absolute Gasteiger partial charge is 0.370 e. The Labute approximate surface area is 122 Å². The van der Waals surface area contributed by atoms with E-state index in [0.29, 0.717) is 6.04 Å². The monoisotopic (exact) mass is 276 g/mol. The van der Waals surface area contributed by atoms with Crippen molar-refractivity contribution in [3.05, 3.63) is 12.4 Å². The third-order valence-corrected chi connectivity index (χ3v) is 4.22. The van der Waals surface area contributed by atoms with Crippen molar-refractivity contribution in [2.75, 3.05) is 17.2 Å². The second-order valence-corrected chi connectivity index (χ2v) is 5.77. The van der Waals surface area contributed by atoms with Crippen LogP contribution in [0.3, 0.4) is 0 Å². The summed E-state index contributed by atoms with van der Waals surface area (Å²) in [4.78, 5) is 8.63. The molecule has 1 aliphatic rings. The molecule has 0 saturated heterocycles. The minimum atomic E-state index is 0.546. The summed E-state index contributed by atoms with van der Waals surface area (Å²) in [6.07, 6.45) is 10.8. The summed E-state index contributed by atoms with van der Waals surface area (Å²) in [7, 11) is 0. The summed E-state index contributed by atoms with van der Waals surface area (Å²) in [5.41, 5.74) is 0. The van der Waals surface area contributed by atoms with E-state index in [4.69, 9.17) is 0 Å². The molecule has 112 valence electrons. The minimum Gasteiger partial charge on any atom is -0.370 e. The molecule has 0 aromatic carbocycles. The zero-order valence-corrected chi connectivity index (χ0v) is 12.9. The summed E-state index contributed by atoms with van der Waals surface area (Å²) in [6.45, 7) is 5.38. The number of nitrogens with zero attached hydrogens (tertiary/aromatic N) is 2. The van der Waals surface area contributed by atoms with Gasteiger partial charge in [0, 0.05) is 18.7 Å². The van der Waals surface area contributed by atoms with Crippen LogP contribution in [0.15, 0.2) is 12.4 Å². The fourth-order valence-corrected chi connectivity index (χ4v) is 3.07. The van der Waals surface area contributed by atoms with Crippen molar-refractivity contribution in [1.82, 2.24) is 9.97 Å². The highest BCUT2D eigenvalue weighted by Crippen LogP contribution is 2.29. The molecule has 4 heteroatoms. The lowest BCUT2D eigenvalue weighted by atomic mass is 9.83. The molecule has 1 aliphatic carbocycles. The third kappa shape index (κ3) is 4.36. The maximum Gasteiger partial charge on any atom is 0.131 e. The van der Waals surface area contributed by atoms with Gasteiger partial charge in [-0.3, -0.25) is 0 Å². The van der Waals surface area contributed by atoms with E-state index in [9.17, 15) is 0 Å². The van der Waals surface area contributed by atoms with E-state index in [1.165, 1.54) is 32.1 Å². The summed E-state index contributed by atoms with van der Waals surface area (Å²) in [6, 6.07) is 2.57. The van der Waals surface area contributed by atoms with Crippen LogP contribution >= 0.6 is 0 Å². The van der Waals surface area contributed by atoms with Crippen molar-refractivity contribution in [3.63, 3.8) is 0 Å². The molecular weight excluding hydrogens is 248 g/mol. The molecule has 4 nitrogen and oxygen atoms in total. The molecule has 1 aromatic rings. The maximum absolute atomic E-state index is 4.37. The molecule has 20 heavy (non-hydrogen) atoms. The van der Waals surface area contributed by atoms with Gasteiger partial charge in [0.1, 0.15) is 18.0 Å². The lowest BCUT2D eigenvalue weighted by Gasteiger charge is -2.30. The number of hydrogen-bond donors (Lipinski definition) is 2. The van der Waals surface area contributed by atoms with Gasteiger partial charge in [0.15, 0.2) is 0 Å². The Morgan fingerprint density at radius 2 is 1.90 bits per heavy atom. The van der Waals surface area contributed by atoms with Crippen LogP contribution in [0.25, 0.3) is 0 Å². The zero-order valence-electron chi connectivity index (χ0n) is 12.9. The quantitative estimate of drug-likeness (QED) is 0.788. The van der Waals surface area contributed by atoms with E-state index in [1.807, 2.05) is 6.07 Å². The number of aromatic nitrogens is 2. The van der Waals surface area contributed by atoms with Crippen molar-refractivity contribution >= 4 is 11.6 Å². The Morgan fingerprint density at radius 1 is 1.15 bits per heavy atom. The molecule has 1 aromatic heterocycles. The Morgan fingerprint density at radius 3 is 2.60 bits per heavy atom. The highest BCUT2D eigenvalue weighted by Gasteiger charge is 2.22. The Hall–Kier alpha value is -1.32. The topological polar surface area (TPSA) is 49.8 Å². The van der Waals surface area contributed by atoms with Gasteiger partial charge in [-0.15, -0.1) is 0 Å². The normalized spacial score (nSPS) is 17.7. The number of rotatable bonds is 7. The molecule has 1 fully saturated rings. The lowest BCUT2D eigenvalue weighted by Crippen LogP contribution is -2.30. The number of nitrogens with one attached hydrogen (secondary N) is 2. The maximum atomic E-state index is 4.37. The summed E-state index contributed by atoms with van der Waals surface area (Å²) in [5.74, 6) is 2.68. The van der Waals surface area contributed by atoms with Crippen molar-refractivity contribution in [1.29, 1.82) is 0 Å². The molecule has 2 N–H and O–H groups in total. The van der Waals surface area contributed by atoms with Gasteiger partial charge in [-0.25, -0.2) is 9.97 Å². The van der Waals surface area contributed by atoms with Gasteiger partial charge in [-0.1, -0.05) is 33.1 Å². The third-order valence-electron chi connectivity index (χ3n) is 4.22. The summed E-state index contributed by atoms with van der Waals surface area (Å²) >= 11 is 0. The van der Waals surface area contributed by atoms with Gasteiger partial charge < -0.3 is 10.6 Å². The highest BCUT2D eigenvalue weighted by molar-refractivity contribution is 5.46. The van der Waals surface area contributed by atoms with Gasteiger partial charge in [-0.2, -0.15) is 0 Å². The molecule has 0 bridgehead atoms. The molecule has 1 unspecified atom stereocenters. The van der Waals surface area contributed by atoms with E-state index in [0.717, 1.165) is 36.9 Å². The van der Waals surface area contributed by atoms with Crippen LogP contribution in [0.5, 0.6) is 0 Å². The Kier molecular flexibility index (Phi) is 6.09. The molecule has 0 radical (unpaired) electrons. The highest BCUT2D eigenvalue weighted by atomic mass is 15.1. The number of hydrogen-bond acceptors (Lipinski definition) is 4. The van der Waals surface area contributed by atoms with Crippen molar-refractivity contribution in [2.45, 2.75) is 64.8 Å². The lowest BCUT2D eigenvalue weighted by molar-refractivity contribution is 0.312. The van der Waals surface area contributed by atoms with Crippen LogP contribution in [0.4, 0.5) is 11.6 Å². The molecule has 1 atom stereocenters. The molecular formula is C16H28N4. The average Bonchev–Trinajstić information content (AvgIpc) is 2.52. The van der Waals surface area contributed by atoms with Crippen LogP contribution in [-0.2, 0) is 0 Å². The molecule has 2 rings (SSSR count). The van der Waals surface area contributed by atoms with Crippen LogP contribution in [0, 0.1) is 5.92 Å². The molecule has 1 heterocycles. The Balaban J connectivity index is 1.95. The minimum absolute atomic E-state index is 0.546. The van der Waals surface area contributed by atoms with Crippen LogP contribution in [-0.4, -0.2) is 22.6 Å². The van der Waals surface area contributed by atoms with Crippen molar-refractivity contribution in [2.24, 2.45) is 5.92 Å². The standard InChI is InChI=1S/C16H28N4/c1-3-10-17-15-11-16(19-12-18-15)20-14(4-2)13-8-6-5-7-9-13/h11-14H,3-10H2,1-2H3,(H2,17,18,19,20). The first-order chi connectivity index (χ1) is 9.83. The van der Waals surface area contributed by atoms with Gasteiger partial charge in [0.2, 0.25) is 0 Å². The first kappa shape index (κ1) is 15.1. The van der Waals surface area contributed by atoms with Gasteiger partial charge in [-0.05, 0) is 31.6 Å². The van der Waals surface area contributed by atoms with E-state index >= 15 is 0 Å². The van der Waals surface area contributed by atoms with Crippen molar-refractivity contribution in [3.8, 4) is 0 Å². The Bertz CT molecular complexity index is 388. The summed E-state index contributed by atoms with van der Waals surface area (Å²) in [5, 5.41) is 6.94. The summed E-state index contributed by atoms with van der Waals surface area (Å²) < 4.78 is 0. The zero-order chi connectivity index (χ0) is 14.2. The molecule has 1 saturated carbocycles. The van der Waals surface area contributed by atoms with E-state index < -0.39 is 0 Å². The van der Waals surface area contributed by atoms with Gasteiger partial charge in [0.25, 0.3) is 0 Å². The fourth-order valence-electron chi connectivity index (χ4n) is 3.07. The molecule has 0 amide bonds. The van der Waals surface area contributed by atoms with E-state index in [-0.39, 0.29) is 0 Å². The fraction of sp³-hybridized carbons (Fsp3) is 0.750. The number of anilines is 2. The first-order valence-electron chi connectivity index (χ1n) is 8.16. The van der Waals surface area contributed by atoms with Crippen LogP contribution < -0.4 is 10.6 Å². The van der Waals surface area contributed by atoms with E-state index in [2.05, 4.69) is 34.4 Å². The van der Waals surface area contributed by atoms with E-state index in [1.54, 1.807) is 6.33 Å². The molecule has 0 aliphatic heterocycles. The SMILES string of the molecule is CCCNc1cc(NC(CC)C2CCCCC2)ncn1.